The van der Waals surface area contributed by atoms with Crippen molar-refractivity contribution in [3.8, 4) is 5.75 Å². The summed E-state index contributed by atoms with van der Waals surface area (Å²) in [5, 5.41) is 10.8. The Morgan fingerprint density at radius 3 is 2.75 bits per heavy atom. The molecule has 20 heavy (non-hydrogen) atoms. The zero-order chi connectivity index (χ0) is 15.1. The number of nitrogens with zero attached hydrogens (tertiary/aromatic N) is 2. The van der Waals surface area contributed by atoms with Crippen molar-refractivity contribution in [1.29, 1.82) is 0 Å². The number of ether oxygens (including phenoxy) is 2. The van der Waals surface area contributed by atoms with E-state index in [1.54, 1.807) is 6.92 Å². The third-order valence-corrected chi connectivity index (χ3v) is 2.39. The monoisotopic (exact) mass is 282 g/mol. The second-order valence-electron chi connectivity index (χ2n) is 4.62. The molecule has 1 aromatic heterocycles. The van der Waals surface area contributed by atoms with Crippen LogP contribution in [-0.2, 0) is 9.53 Å². The molecule has 1 heterocycles. The molecule has 7 heteroatoms. The van der Waals surface area contributed by atoms with Crippen LogP contribution < -0.4 is 4.74 Å². The van der Waals surface area contributed by atoms with Gasteiger partial charge in [-0.2, -0.15) is 0 Å². The van der Waals surface area contributed by atoms with Crippen LogP contribution in [0.15, 0.2) is 18.3 Å². The van der Waals surface area contributed by atoms with Gasteiger partial charge >= 0.3 is 11.8 Å². The molecule has 110 valence electrons. The van der Waals surface area contributed by atoms with Gasteiger partial charge in [0.15, 0.2) is 6.10 Å². The highest BCUT2D eigenvalue weighted by Gasteiger charge is 2.25. The van der Waals surface area contributed by atoms with Gasteiger partial charge in [0.25, 0.3) is 0 Å². The number of pyridine rings is 1. The molecule has 0 bridgehead atoms. The lowest BCUT2D eigenvalue weighted by Gasteiger charge is -2.16. The Morgan fingerprint density at radius 1 is 1.50 bits per heavy atom. The van der Waals surface area contributed by atoms with Crippen LogP contribution in [-0.4, -0.2) is 28.6 Å². The lowest BCUT2D eigenvalue weighted by Crippen LogP contribution is -2.30. The summed E-state index contributed by atoms with van der Waals surface area (Å²) in [7, 11) is 0. The van der Waals surface area contributed by atoms with Gasteiger partial charge in [-0.3, -0.25) is 0 Å². The zero-order valence-corrected chi connectivity index (χ0v) is 11.7. The summed E-state index contributed by atoms with van der Waals surface area (Å²) in [6.07, 6.45) is 0.767. The summed E-state index contributed by atoms with van der Waals surface area (Å²) >= 11 is 0. The van der Waals surface area contributed by atoms with Crippen LogP contribution in [0.3, 0.4) is 0 Å². The van der Waals surface area contributed by atoms with E-state index >= 15 is 0 Å². The molecule has 1 atom stereocenters. The molecular formula is C13H18N2O5. The predicted octanol–water partition coefficient (Wildman–Crippen LogP) is 2.35. The van der Waals surface area contributed by atoms with E-state index < -0.39 is 22.8 Å². The van der Waals surface area contributed by atoms with Crippen LogP contribution in [0.1, 0.15) is 27.2 Å². The van der Waals surface area contributed by atoms with Gasteiger partial charge in [-0.25, -0.2) is 4.79 Å². The van der Waals surface area contributed by atoms with Gasteiger partial charge in [0.2, 0.25) is 5.75 Å². The van der Waals surface area contributed by atoms with E-state index in [1.807, 2.05) is 13.8 Å². The molecule has 7 nitrogen and oxygen atoms in total. The molecule has 1 rings (SSSR count). The number of esters is 1. The highest BCUT2D eigenvalue weighted by Crippen LogP contribution is 2.25. The molecule has 0 aliphatic rings. The second-order valence-corrected chi connectivity index (χ2v) is 4.62. The number of hydrogen-bond donors (Lipinski definition) is 0. The van der Waals surface area contributed by atoms with Crippen molar-refractivity contribution in [3.05, 3.63) is 28.4 Å². The molecule has 0 radical (unpaired) electrons. The van der Waals surface area contributed by atoms with E-state index in [-0.39, 0.29) is 18.3 Å². The van der Waals surface area contributed by atoms with Crippen molar-refractivity contribution < 1.29 is 19.2 Å². The summed E-state index contributed by atoms with van der Waals surface area (Å²) < 4.78 is 10.4. The Balaban J connectivity index is 2.78. The lowest BCUT2D eigenvalue weighted by atomic mass is 10.2. The quantitative estimate of drug-likeness (QED) is 0.433. The number of rotatable bonds is 7. The topological polar surface area (TPSA) is 91.6 Å². The van der Waals surface area contributed by atoms with Crippen molar-refractivity contribution in [1.82, 2.24) is 4.98 Å². The van der Waals surface area contributed by atoms with Gasteiger partial charge in [0.1, 0.15) is 6.20 Å². The molecule has 0 saturated carbocycles. The van der Waals surface area contributed by atoms with E-state index in [4.69, 9.17) is 9.47 Å². The molecule has 0 aliphatic carbocycles. The molecule has 1 unspecified atom stereocenters. The Kier molecular flexibility index (Phi) is 5.89. The maximum absolute atomic E-state index is 11.8. The minimum absolute atomic E-state index is 0.0363. The number of aromatic nitrogens is 1. The van der Waals surface area contributed by atoms with Gasteiger partial charge in [-0.05, 0) is 34.4 Å². The Morgan fingerprint density at radius 2 is 2.20 bits per heavy atom. The second kappa shape index (κ2) is 7.42. The van der Waals surface area contributed by atoms with E-state index in [0.717, 1.165) is 0 Å². The van der Waals surface area contributed by atoms with Crippen LogP contribution >= 0.6 is 0 Å². The molecule has 0 fully saturated rings. The standard InChI is InChI=1S/C13H18N2O5/c1-4-10(13(16)19-8-9(2)3)20-11-6-5-7-14-12(11)15(17)18/h5-7,9-10H,4,8H2,1-3H3. The number of hydrogen-bond acceptors (Lipinski definition) is 6. The van der Waals surface area contributed by atoms with Crippen molar-refractivity contribution >= 4 is 11.8 Å². The first-order valence-electron chi connectivity index (χ1n) is 6.38. The first kappa shape index (κ1) is 15.9. The molecule has 0 spiro atoms. The van der Waals surface area contributed by atoms with Crippen LogP contribution in [0, 0.1) is 16.0 Å². The van der Waals surface area contributed by atoms with Crippen LogP contribution in [0.5, 0.6) is 5.75 Å². The average Bonchev–Trinajstić information content (AvgIpc) is 2.42. The van der Waals surface area contributed by atoms with E-state index in [0.29, 0.717) is 6.42 Å². The SMILES string of the molecule is CCC(Oc1cccnc1[N+](=O)[O-])C(=O)OCC(C)C. The predicted molar refractivity (Wildman–Crippen MR) is 71.4 cm³/mol. The first-order valence-corrected chi connectivity index (χ1v) is 6.38. The van der Waals surface area contributed by atoms with Crippen LogP contribution in [0.4, 0.5) is 5.82 Å². The molecule has 0 aliphatic heterocycles. The van der Waals surface area contributed by atoms with E-state index in [2.05, 4.69) is 4.98 Å². The van der Waals surface area contributed by atoms with Crippen LogP contribution in [0.25, 0.3) is 0 Å². The molecule has 0 amide bonds. The number of nitro groups is 1. The zero-order valence-electron chi connectivity index (χ0n) is 11.7. The van der Waals surface area contributed by atoms with Crippen molar-refractivity contribution in [2.24, 2.45) is 5.92 Å². The maximum Gasteiger partial charge on any atom is 0.406 e. The van der Waals surface area contributed by atoms with Gasteiger partial charge in [-0.15, -0.1) is 0 Å². The fourth-order valence-corrected chi connectivity index (χ4v) is 1.40. The third-order valence-electron chi connectivity index (χ3n) is 2.39. The summed E-state index contributed by atoms with van der Waals surface area (Å²) in [6.45, 7) is 5.86. The Labute approximate surface area is 117 Å². The Hall–Kier alpha value is -2.18. The fourth-order valence-electron chi connectivity index (χ4n) is 1.40. The summed E-state index contributed by atoms with van der Waals surface area (Å²) in [4.78, 5) is 25.6. The largest absolute Gasteiger partial charge is 0.470 e. The highest BCUT2D eigenvalue weighted by atomic mass is 16.6. The maximum atomic E-state index is 11.8. The van der Waals surface area contributed by atoms with Gasteiger partial charge < -0.3 is 19.6 Å². The number of carbonyl (C=O) groups excluding carboxylic acids is 1. The smallest absolute Gasteiger partial charge is 0.406 e. The van der Waals surface area contributed by atoms with Gasteiger partial charge in [-0.1, -0.05) is 20.8 Å². The summed E-state index contributed by atoms with van der Waals surface area (Å²) in [5.41, 5.74) is 0. The van der Waals surface area contributed by atoms with E-state index in [9.17, 15) is 14.9 Å². The molecule has 0 aromatic carbocycles. The molecular weight excluding hydrogens is 264 g/mol. The minimum Gasteiger partial charge on any atom is -0.470 e. The van der Waals surface area contributed by atoms with Crippen LogP contribution in [0.2, 0.25) is 0 Å². The third kappa shape index (κ3) is 4.49. The van der Waals surface area contributed by atoms with Crippen molar-refractivity contribution in [2.75, 3.05) is 6.61 Å². The van der Waals surface area contributed by atoms with Crippen molar-refractivity contribution in [3.63, 3.8) is 0 Å². The van der Waals surface area contributed by atoms with E-state index in [1.165, 1.54) is 18.3 Å². The highest BCUT2D eigenvalue weighted by molar-refractivity contribution is 5.75. The van der Waals surface area contributed by atoms with Gasteiger partial charge in [0, 0.05) is 0 Å². The van der Waals surface area contributed by atoms with Gasteiger partial charge in [0.05, 0.1) is 6.61 Å². The fraction of sp³-hybridized carbons (Fsp3) is 0.538. The first-order chi connectivity index (χ1) is 9.45. The number of carbonyl (C=O) groups is 1. The summed E-state index contributed by atoms with van der Waals surface area (Å²) in [5.74, 6) is -0.767. The molecule has 0 saturated heterocycles. The Bertz CT molecular complexity index is 476. The minimum atomic E-state index is -0.878. The average molecular weight is 282 g/mol. The summed E-state index contributed by atoms with van der Waals surface area (Å²) in [6, 6.07) is 2.91. The lowest BCUT2D eigenvalue weighted by molar-refractivity contribution is -0.390. The molecule has 0 N–H and O–H groups in total. The molecule has 1 aromatic rings. The van der Waals surface area contributed by atoms with Crippen molar-refractivity contribution in [2.45, 2.75) is 33.3 Å². The normalized spacial score (nSPS) is 12.0.